The third kappa shape index (κ3) is 5.12. The number of piperidine rings is 1. The minimum Gasteiger partial charge on any atom is -0.444 e. The summed E-state index contributed by atoms with van der Waals surface area (Å²) in [5.74, 6) is 0.705. The highest BCUT2D eigenvalue weighted by molar-refractivity contribution is 6.45. The summed E-state index contributed by atoms with van der Waals surface area (Å²) >= 11 is 0. The van der Waals surface area contributed by atoms with Crippen LogP contribution in [0.25, 0.3) is 0 Å². The fourth-order valence-corrected chi connectivity index (χ4v) is 5.34. The molecular formula is C23H42BNO4. The molecule has 0 aromatic heterocycles. The van der Waals surface area contributed by atoms with E-state index in [0.717, 1.165) is 32.3 Å². The number of carbonyl (C=O) groups excluding carboxylic acids is 1. The van der Waals surface area contributed by atoms with Crippen LogP contribution >= 0.6 is 0 Å². The largest absolute Gasteiger partial charge is 0.458 e. The zero-order chi connectivity index (χ0) is 21.5. The van der Waals surface area contributed by atoms with Crippen LogP contribution in [0.2, 0.25) is 6.32 Å². The molecule has 3 fully saturated rings. The summed E-state index contributed by atoms with van der Waals surface area (Å²) < 4.78 is 18.4. The minimum absolute atomic E-state index is 0.157. The lowest BCUT2D eigenvalue weighted by molar-refractivity contribution is -0.00220. The summed E-state index contributed by atoms with van der Waals surface area (Å²) in [4.78, 5) is 14.5. The van der Waals surface area contributed by atoms with E-state index in [9.17, 15) is 4.79 Å². The molecule has 0 N–H and O–H groups in total. The van der Waals surface area contributed by atoms with E-state index in [0.29, 0.717) is 5.92 Å². The maximum atomic E-state index is 12.6. The lowest BCUT2D eigenvalue weighted by Crippen LogP contribution is -2.49. The van der Waals surface area contributed by atoms with Gasteiger partial charge in [-0.25, -0.2) is 4.79 Å². The van der Waals surface area contributed by atoms with Gasteiger partial charge in [0.2, 0.25) is 0 Å². The SMILES string of the molecule is CC(C)(C)OC(=O)N1CCC(CB2OC(C)(C)C(C)(C)O2)(C2CCCCC2)CC1. The molecule has 3 rings (SSSR count). The Kier molecular flexibility index (Phi) is 6.38. The number of carbonyl (C=O) groups is 1. The summed E-state index contributed by atoms with van der Waals surface area (Å²) in [7, 11) is -0.157. The van der Waals surface area contributed by atoms with Crippen LogP contribution in [0.5, 0.6) is 0 Å². The Balaban J connectivity index is 1.71. The Morgan fingerprint density at radius 2 is 1.52 bits per heavy atom. The van der Waals surface area contributed by atoms with Crippen LogP contribution < -0.4 is 0 Å². The lowest BCUT2D eigenvalue weighted by atomic mass is 9.55. The van der Waals surface area contributed by atoms with Crippen LogP contribution in [0, 0.1) is 11.3 Å². The summed E-state index contributed by atoms with van der Waals surface area (Å²) in [5.41, 5.74) is -0.830. The van der Waals surface area contributed by atoms with Gasteiger partial charge < -0.3 is 18.9 Å². The molecule has 0 unspecified atom stereocenters. The van der Waals surface area contributed by atoms with Crippen molar-refractivity contribution in [2.45, 2.75) is 117 Å². The molecule has 0 radical (unpaired) electrons. The van der Waals surface area contributed by atoms with Crippen LogP contribution in [0.1, 0.15) is 93.4 Å². The van der Waals surface area contributed by atoms with E-state index in [-0.39, 0.29) is 29.8 Å². The van der Waals surface area contributed by atoms with Crippen molar-refractivity contribution in [3.8, 4) is 0 Å². The number of likely N-dealkylation sites (tertiary alicyclic amines) is 1. The van der Waals surface area contributed by atoms with Gasteiger partial charge >= 0.3 is 13.2 Å². The predicted molar refractivity (Wildman–Crippen MR) is 117 cm³/mol. The number of nitrogens with zero attached hydrogens (tertiary/aromatic N) is 1. The molecule has 0 bridgehead atoms. The Morgan fingerprint density at radius 1 is 1.00 bits per heavy atom. The van der Waals surface area contributed by atoms with Crippen molar-refractivity contribution in [3.05, 3.63) is 0 Å². The highest BCUT2D eigenvalue weighted by Gasteiger charge is 2.55. The van der Waals surface area contributed by atoms with Gasteiger partial charge in [0.25, 0.3) is 0 Å². The van der Waals surface area contributed by atoms with E-state index < -0.39 is 5.60 Å². The summed E-state index contributed by atoms with van der Waals surface area (Å²) in [6.45, 7) is 15.8. The molecule has 3 aliphatic rings. The Morgan fingerprint density at radius 3 is 2.00 bits per heavy atom. The first-order valence-electron chi connectivity index (χ1n) is 11.7. The van der Waals surface area contributed by atoms with Gasteiger partial charge in [0.05, 0.1) is 11.2 Å². The van der Waals surface area contributed by atoms with Gasteiger partial charge in [-0.15, -0.1) is 0 Å². The van der Waals surface area contributed by atoms with Crippen LogP contribution in [0.4, 0.5) is 4.79 Å². The molecule has 2 saturated heterocycles. The van der Waals surface area contributed by atoms with Crippen molar-refractivity contribution in [2.75, 3.05) is 13.1 Å². The van der Waals surface area contributed by atoms with E-state index in [1.165, 1.54) is 32.1 Å². The standard InChI is InChI=1S/C23H42BNO4/c1-20(2,3)27-19(26)25-15-13-23(14-16-25,18-11-9-8-10-12-18)17-24-28-21(4,5)22(6,7)29-24/h18H,8-17H2,1-7H3. The molecule has 5 nitrogen and oxygen atoms in total. The minimum atomic E-state index is -0.447. The van der Waals surface area contributed by atoms with Gasteiger partial charge in [-0.1, -0.05) is 19.3 Å². The molecule has 6 heteroatoms. The van der Waals surface area contributed by atoms with Crippen molar-refractivity contribution >= 4 is 13.2 Å². The fourth-order valence-electron chi connectivity index (χ4n) is 5.34. The number of rotatable bonds is 3. The second kappa shape index (κ2) is 8.07. The van der Waals surface area contributed by atoms with Crippen LogP contribution in [-0.4, -0.2) is 48.0 Å². The average Bonchev–Trinajstić information content (AvgIpc) is 2.81. The number of amides is 1. The van der Waals surface area contributed by atoms with Crippen molar-refractivity contribution in [2.24, 2.45) is 11.3 Å². The molecule has 166 valence electrons. The molecule has 0 spiro atoms. The van der Waals surface area contributed by atoms with E-state index in [4.69, 9.17) is 14.0 Å². The van der Waals surface area contributed by atoms with E-state index in [1.807, 2.05) is 25.7 Å². The second-order valence-corrected chi connectivity index (χ2v) is 11.6. The van der Waals surface area contributed by atoms with E-state index in [2.05, 4.69) is 27.7 Å². The quantitative estimate of drug-likeness (QED) is 0.565. The molecule has 0 aromatic rings. The highest BCUT2D eigenvalue weighted by atomic mass is 16.7. The van der Waals surface area contributed by atoms with Crippen LogP contribution in [0.3, 0.4) is 0 Å². The van der Waals surface area contributed by atoms with Crippen molar-refractivity contribution < 1.29 is 18.8 Å². The van der Waals surface area contributed by atoms with Crippen LogP contribution in [0.15, 0.2) is 0 Å². The van der Waals surface area contributed by atoms with Gasteiger partial charge in [-0.05, 0) is 91.8 Å². The van der Waals surface area contributed by atoms with Gasteiger partial charge in [-0.3, -0.25) is 0 Å². The lowest BCUT2D eigenvalue weighted by Gasteiger charge is -2.48. The molecule has 2 aliphatic heterocycles. The normalized spacial score (nSPS) is 27.1. The van der Waals surface area contributed by atoms with Crippen LogP contribution in [-0.2, 0) is 14.0 Å². The fraction of sp³-hybridized carbons (Fsp3) is 0.957. The Bertz CT molecular complexity index is 568. The Labute approximate surface area is 178 Å². The summed E-state index contributed by atoms with van der Waals surface area (Å²) in [5, 5.41) is 0. The molecule has 0 aromatic carbocycles. The van der Waals surface area contributed by atoms with Crippen molar-refractivity contribution in [1.29, 1.82) is 0 Å². The number of ether oxygens (including phenoxy) is 1. The predicted octanol–water partition coefficient (Wildman–Crippen LogP) is 5.68. The van der Waals surface area contributed by atoms with E-state index >= 15 is 0 Å². The molecule has 2 heterocycles. The number of hydrogen-bond acceptors (Lipinski definition) is 4. The first kappa shape index (κ1) is 22.9. The maximum Gasteiger partial charge on any atom is 0.458 e. The van der Waals surface area contributed by atoms with E-state index in [1.54, 1.807) is 0 Å². The smallest absolute Gasteiger partial charge is 0.444 e. The monoisotopic (exact) mass is 407 g/mol. The maximum absolute atomic E-state index is 12.6. The summed E-state index contributed by atoms with van der Waals surface area (Å²) in [6.07, 6.45) is 9.39. The van der Waals surface area contributed by atoms with Crippen molar-refractivity contribution in [3.63, 3.8) is 0 Å². The summed E-state index contributed by atoms with van der Waals surface area (Å²) in [6, 6.07) is 0. The zero-order valence-corrected chi connectivity index (χ0v) is 19.8. The molecule has 1 aliphatic carbocycles. The third-order valence-electron chi connectivity index (χ3n) is 7.76. The first-order chi connectivity index (χ1) is 13.3. The van der Waals surface area contributed by atoms with Gasteiger partial charge in [0.1, 0.15) is 5.60 Å². The first-order valence-corrected chi connectivity index (χ1v) is 11.7. The topological polar surface area (TPSA) is 48.0 Å². The average molecular weight is 407 g/mol. The highest BCUT2D eigenvalue weighted by Crippen LogP contribution is 2.51. The van der Waals surface area contributed by atoms with Crippen molar-refractivity contribution in [1.82, 2.24) is 4.90 Å². The van der Waals surface area contributed by atoms with Gasteiger partial charge in [0.15, 0.2) is 0 Å². The molecule has 1 amide bonds. The second-order valence-electron chi connectivity index (χ2n) is 11.6. The van der Waals surface area contributed by atoms with Gasteiger partial charge in [0, 0.05) is 13.1 Å². The third-order valence-corrected chi connectivity index (χ3v) is 7.76. The zero-order valence-electron chi connectivity index (χ0n) is 19.8. The molecular weight excluding hydrogens is 365 g/mol. The number of hydrogen-bond donors (Lipinski definition) is 0. The molecule has 0 atom stereocenters. The Hall–Kier alpha value is -0.745. The van der Waals surface area contributed by atoms with Gasteiger partial charge in [-0.2, -0.15) is 0 Å². The molecule has 1 saturated carbocycles. The molecule has 29 heavy (non-hydrogen) atoms.